The van der Waals surface area contributed by atoms with Crippen LogP contribution in [-0.4, -0.2) is 47.0 Å². The highest BCUT2D eigenvalue weighted by atomic mass is 16.1. The topological polar surface area (TPSA) is 108 Å². The molecule has 1 fully saturated rings. The summed E-state index contributed by atoms with van der Waals surface area (Å²) in [5.74, 6) is 1.03. The Morgan fingerprint density at radius 3 is 2.37 bits per heavy atom. The predicted octanol–water partition coefficient (Wildman–Crippen LogP) is 1.82. The predicted molar refractivity (Wildman–Crippen MR) is 117 cm³/mol. The van der Waals surface area contributed by atoms with Gasteiger partial charge in [-0.25, -0.2) is 9.97 Å². The maximum Gasteiger partial charge on any atom is 0.251 e. The van der Waals surface area contributed by atoms with E-state index in [1.165, 1.54) is 6.07 Å². The van der Waals surface area contributed by atoms with Crippen LogP contribution >= 0.6 is 0 Å². The summed E-state index contributed by atoms with van der Waals surface area (Å²) < 4.78 is 0. The number of piperazine rings is 1. The van der Waals surface area contributed by atoms with Gasteiger partial charge in [0.2, 0.25) is 5.91 Å². The average Bonchev–Trinajstić information content (AvgIpc) is 2.79. The minimum atomic E-state index is -0.415. The van der Waals surface area contributed by atoms with Crippen molar-refractivity contribution >= 4 is 17.4 Å². The molecule has 30 heavy (non-hydrogen) atoms. The van der Waals surface area contributed by atoms with Crippen LogP contribution in [0, 0.1) is 0 Å². The van der Waals surface area contributed by atoms with E-state index in [1.807, 2.05) is 31.2 Å². The number of nitrogens with one attached hydrogen (secondary N) is 1. The zero-order valence-electron chi connectivity index (χ0n) is 16.8. The van der Waals surface area contributed by atoms with E-state index >= 15 is 0 Å². The van der Waals surface area contributed by atoms with Crippen molar-refractivity contribution in [2.45, 2.75) is 13.3 Å². The Morgan fingerprint density at radius 2 is 1.77 bits per heavy atom. The number of nitrogens with zero attached hydrogens (tertiary/aromatic N) is 4. The number of aryl methyl sites for hydroxylation is 1. The Labute approximate surface area is 174 Å². The quantitative estimate of drug-likeness (QED) is 0.672. The summed E-state index contributed by atoms with van der Waals surface area (Å²) in [5, 5.41) is 0. The van der Waals surface area contributed by atoms with Crippen molar-refractivity contribution in [3.05, 3.63) is 70.3 Å². The minimum absolute atomic E-state index is 0.152. The van der Waals surface area contributed by atoms with Gasteiger partial charge in [0, 0.05) is 61.0 Å². The number of H-pyrrole nitrogens is 1. The van der Waals surface area contributed by atoms with E-state index in [0.717, 1.165) is 48.9 Å². The van der Waals surface area contributed by atoms with E-state index in [-0.39, 0.29) is 5.56 Å². The van der Waals surface area contributed by atoms with Crippen LogP contribution in [0.25, 0.3) is 11.4 Å². The lowest BCUT2D eigenvalue weighted by Gasteiger charge is -2.36. The summed E-state index contributed by atoms with van der Waals surface area (Å²) in [6.07, 6.45) is 2.46. The number of anilines is 2. The molecule has 3 heterocycles. The monoisotopic (exact) mass is 404 g/mol. The molecule has 4 rings (SSSR count). The van der Waals surface area contributed by atoms with Gasteiger partial charge in [0.1, 0.15) is 11.6 Å². The van der Waals surface area contributed by atoms with Crippen LogP contribution in [0.15, 0.2) is 53.5 Å². The minimum Gasteiger partial charge on any atom is -0.368 e. The van der Waals surface area contributed by atoms with E-state index in [1.54, 1.807) is 18.3 Å². The van der Waals surface area contributed by atoms with Gasteiger partial charge < -0.3 is 20.5 Å². The third-order valence-electron chi connectivity index (χ3n) is 5.30. The Balaban J connectivity index is 1.42. The first-order chi connectivity index (χ1) is 14.5. The molecule has 0 atom stereocenters. The number of aromatic amines is 1. The van der Waals surface area contributed by atoms with Crippen LogP contribution in [-0.2, 0) is 6.42 Å². The Bertz CT molecular complexity index is 1080. The smallest absolute Gasteiger partial charge is 0.251 e. The first-order valence-electron chi connectivity index (χ1n) is 10.00. The number of primary amides is 1. The third kappa shape index (κ3) is 4.17. The number of carbonyl (C=O) groups excluding carboxylic acids is 1. The molecule has 0 radical (unpaired) electrons. The molecule has 8 nitrogen and oxygen atoms in total. The highest BCUT2D eigenvalue weighted by molar-refractivity contribution is 5.93. The molecule has 0 saturated carbocycles. The maximum absolute atomic E-state index is 11.8. The summed E-state index contributed by atoms with van der Waals surface area (Å²) in [6.45, 7) is 5.35. The van der Waals surface area contributed by atoms with Crippen molar-refractivity contribution in [2.75, 3.05) is 36.0 Å². The van der Waals surface area contributed by atoms with Crippen molar-refractivity contribution in [1.82, 2.24) is 15.0 Å². The fourth-order valence-electron chi connectivity index (χ4n) is 3.57. The lowest BCUT2D eigenvalue weighted by molar-refractivity contribution is 0.100. The van der Waals surface area contributed by atoms with Crippen LogP contribution in [0.2, 0.25) is 0 Å². The van der Waals surface area contributed by atoms with Crippen molar-refractivity contribution in [1.29, 1.82) is 0 Å². The third-order valence-corrected chi connectivity index (χ3v) is 5.30. The molecule has 0 bridgehead atoms. The molecule has 1 amide bonds. The Kier molecular flexibility index (Phi) is 5.47. The van der Waals surface area contributed by atoms with Crippen molar-refractivity contribution in [2.24, 2.45) is 5.73 Å². The van der Waals surface area contributed by atoms with Gasteiger partial charge in [-0.05, 0) is 42.8 Å². The van der Waals surface area contributed by atoms with Gasteiger partial charge in [-0.1, -0.05) is 6.92 Å². The molecule has 0 aliphatic carbocycles. The second-order valence-corrected chi connectivity index (χ2v) is 7.23. The van der Waals surface area contributed by atoms with Crippen molar-refractivity contribution in [3.8, 4) is 11.4 Å². The number of aromatic nitrogens is 3. The second kappa shape index (κ2) is 8.36. The van der Waals surface area contributed by atoms with E-state index in [9.17, 15) is 9.59 Å². The van der Waals surface area contributed by atoms with Crippen molar-refractivity contribution < 1.29 is 4.79 Å². The van der Waals surface area contributed by atoms with E-state index in [4.69, 9.17) is 5.73 Å². The molecule has 1 aromatic carbocycles. The normalized spacial score (nSPS) is 14.0. The van der Waals surface area contributed by atoms with Gasteiger partial charge in [0.15, 0.2) is 0 Å². The number of amides is 1. The molecule has 3 aromatic rings. The second-order valence-electron chi connectivity index (χ2n) is 7.23. The van der Waals surface area contributed by atoms with E-state index < -0.39 is 5.91 Å². The molecule has 8 heteroatoms. The molecule has 1 aliphatic heterocycles. The van der Waals surface area contributed by atoms with Gasteiger partial charge >= 0.3 is 0 Å². The van der Waals surface area contributed by atoms with Gasteiger partial charge in [-0.2, -0.15) is 0 Å². The van der Waals surface area contributed by atoms with Crippen LogP contribution in [0.3, 0.4) is 0 Å². The van der Waals surface area contributed by atoms with Gasteiger partial charge in [0.05, 0.1) is 0 Å². The van der Waals surface area contributed by atoms with Gasteiger partial charge in [-0.15, -0.1) is 0 Å². The van der Waals surface area contributed by atoms with Crippen LogP contribution in [0.5, 0.6) is 0 Å². The standard InChI is InChI=1S/C22H24N6O2/c1-2-17-13-20(29)26-22(25-17)16-5-8-19(24-14-16)28-11-9-27(10-12-28)18-6-3-15(4-7-18)21(23)30/h3-8,13-14H,2,9-12H2,1H3,(H2,23,30)(H,25,26,29). The molecular formula is C22H24N6O2. The first kappa shape index (κ1) is 19.6. The fraction of sp³-hybridized carbons (Fsp3) is 0.273. The van der Waals surface area contributed by atoms with E-state index in [0.29, 0.717) is 17.8 Å². The largest absolute Gasteiger partial charge is 0.368 e. The SMILES string of the molecule is CCc1cc(=O)[nH]c(-c2ccc(N3CCN(c4ccc(C(N)=O)cc4)CC3)nc2)n1. The molecule has 1 aliphatic rings. The number of hydrogen-bond donors (Lipinski definition) is 2. The molecular weight excluding hydrogens is 380 g/mol. The Morgan fingerprint density at radius 1 is 1.07 bits per heavy atom. The summed E-state index contributed by atoms with van der Waals surface area (Å²) >= 11 is 0. The summed E-state index contributed by atoms with van der Waals surface area (Å²) in [4.78, 5) is 39.4. The zero-order chi connectivity index (χ0) is 21.1. The molecule has 0 spiro atoms. The van der Waals surface area contributed by atoms with Crippen LogP contribution in [0.1, 0.15) is 23.0 Å². The number of hydrogen-bond acceptors (Lipinski definition) is 6. The lowest BCUT2D eigenvalue weighted by atomic mass is 10.1. The lowest BCUT2D eigenvalue weighted by Crippen LogP contribution is -2.46. The van der Waals surface area contributed by atoms with Gasteiger partial charge in [0.25, 0.3) is 5.56 Å². The number of nitrogens with two attached hydrogens (primary N) is 1. The number of pyridine rings is 1. The molecule has 2 aromatic heterocycles. The Hall–Kier alpha value is -3.68. The highest BCUT2D eigenvalue weighted by Crippen LogP contribution is 2.21. The number of benzene rings is 1. The van der Waals surface area contributed by atoms with Crippen LogP contribution in [0.4, 0.5) is 11.5 Å². The molecule has 154 valence electrons. The molecule has 3 N–H and O–H groups in total. The van der Waals surface area contributed by atoms with Crippen LogP contribution < -0.4 is 21.1 Å². The zero-order valence-corrected chi connectivity index (χ0v) is 16.8. The van der Waals surface area contributed by atoms with Crippen molar-refractivity contribution in [3.63, 3.8) is 0 Å². The van der Waals surface area contributed by atoms with E-state index in [2.05, 4.69) is 24.8 Å². The number of rotatable bonds is 5. The number of carbonyl (C=O) groups is 1. The maximum atomic E-state index is 11.8. The molecule has 1 saturated heterocycles. The average molecular weight is 404 g/mol. The molecule has 0 unspecified atom stereocenters. The fourth-order valence-corrected chi connectivity index (χ4v) is 3.57. The summed E-state index contributed by atoms with van der Waals surface area (Å²) in [6, 6.07) is 12.8. The highest BCUT2D eigenvalue weighted by Gasteiger charge is 2.19. The summed E-state index contributed by atoms with van der Waals surface area (Å²) in [7, 11) is 0. The summed E-state index contributed by atoms with van der Waals surface area (Å²) in [5.41, 5.74) is 8.30. The van der Waals surface area contributed by atoms with Gasteiger partial charge in [-0.3, -0.25) is 9.59 Å². The first-order valence-corrected chi connectivity index (χ1v) is 10.00.